The highest BCUT2D eigenvalue weighted by Crippen LogP contribution is 2.31. The second kappa shape index (κ2) is 8.26. The van der Waals surface area contributed by atoms with Gasteiger partial charge in [-0.3, -0.25) is 4.90 Å². The molecule has 0 heterocycles. The van der Waals surface area contributed by atoms with Crippen LogP contribution in [-0.2, 0) is 0 Å². The van der Waals surface area contributed by atoms with E-state index in [4.69, 9.17) is 5.73 Å². The summed E-state index contributed by atoms with van der Waals surface area (Å²) in [6.07, 6.45) is 15.6. The first-order chi connectivity index (χ1) is 9.31. The Labute approximate surface area is 120 Å². The van der Waals surface area contributed by atoms with Crippen LogP contribution in [0.5, 0.6) is 0 Å². The Morgan fingerprint density at radius 3 is 2.00 bits per heavy atom. The monoisotopic (exact) mass is 266 g/mol. The van der Waals surface area contributed by atoms with Gasteiger partial charge in [0.2, 0.25) is 0 Å². The van der Waals surface area contributed by atoms with Crippen molar-refractivity contribution < 1.29 is 0 Å². The van der Waals surface area contributed by atoms with E-state index in [2.05, 4.69) is 11.8 Å². The fraction of sp³-hybridized carbons (Fsp3) is 1.00. The fourth-order valence-corrected chi connectivity index (χ4v) is 4.10. The summed E-state index contributed by atoms with van der Waals surface area (Å²) in [6, 6.07) is 1.73. The first-order valence-electron chi connectivity index (χ1n) is 8.77. The summed E-state index contributed by atoms with van der Waals surface area (Å²) in [5.74, 6) is 0.960. The Morgan fingerprint density at radius 2 is 1.42 bits per heavy atom. The lowest BCUT2D eigenvalue weighted by molar-refractivity contribution is 0.0834. The molecule has 0 unspecified atom stereocenters. The number of nitrogens with two attached hydrogens (primary N) is 1. The van der Waals surface area contributed by atoms with E-state index in [1.165, 1.54) is 77.2 Å². The summed E-state index contributed by atoms with van der Waals surface area (Å²) in [5.41, 5.74) is 5.76. The molecule has 19 heavy (non-hydrogen) atoms. The van der Waals surface area contributed by atoms with Gasteiger partial charge in [0.05, 0.1) is 0 Å². The molecule has 0 radical (unpaired) electrons. The average molecular weight is 266 g/mol. The van der Waals surface area contributed by atoms with Crippen molar-refractivity contribution >= 4 is 0 Å². The maximum absolute atomic E-state index is 5.76. The third-order valence-electron chi connectivity index (χ3n) is 5.37. The van der Waals surface area contributed by atoms with Gasteiger partial charge in [-0.25, -0.2) is 0 Å². The summed E-state index contributed by atoms with van der Waals surface area (Å²) >= 11 is 0. The van der Waals surface area contributed by atoms with Crippen LogP contribution in [0.15, 0.2) is 0 Å². The van der Waals surface area contributed by atoms with Crippen LogP contribution >= 0.6 is 0 Å². The molecule has 0 amide bonds. The molecule has 2 saturated carbocycles. The summed E-state index contributed by atoms with van der Waals surface area (Å²) in [6.45, 7) is 4.53. The van der Waals surface area contributed by atoms with Gasteiger partial charge >= 0.3 is 0 Å². The van der Waals surface area contributed by atoms with Crippen LogP contribution in [0.2, 0.25) is 0 Å². The molecule has 2 nitrogen and oxygen atoms in total. The summed E-state index contributed by atoms with van der Waals surface area (Å²) < 4.78 is 0. The predicted octanol–water partition coefficient (Wildman–Crippen LogP) is 3.94. The van der Waals surface area contributed by atoms with Crippen molar-refractivity contribution in [2.45, 2.75) is 89.6 Å². The van der Waals surface area contributed by atoms with Crippen LogP contribution in [-0.4, -0.2) is 30.1 Å². The zero-order chi connectivity index (χ0) is 13.5. The first-order valence-corrected chi connectivity index (χ1v) is 8.77. The maximum Gasteiger partial charge on any atom is 0.00984 e. The molecular formula is C17H34N2. The first kappa shape index (κ1) is 15.3. The van der Waals surface area contributed by atoms with Gasteiger partial charge < -0.3 is 5.73 Å². The van der Waals surface area contributed by atoms with E-state index in [1.807, 2.05) is 0 Å². The Balaban J connectivity index is 1.93. The zero-order valence-electron chi connectivity index (χ0n) is 12.9. The molecule has 0 atom stereocenters. The third kappa shape index (κ3) is 4.75. The summed E-state index contributed by atoms with van der Waals surface area (Å²) in [4.78, 5) is 2.88. The molecule has 2 aliphatic carbocycles. The van der Waals surface area contributed by atoms with Gasteiger partial charge in [-0.1, -0.05) is 32.6 Å². The van der Waals surface area contributed by atoms with Crippen molar-refractivity contribution in [2.24, 2.45) is 11.7 Å². The van der Waals surface area contributed by atoms with Crippen LogP contribution in [0.25, 0.3) is 0 Å². The van der Waals surface area contributed by atoms with Crippen molar-refractivity contribution in [1.82, 2.24) is 4.90 Å². The van der Waals surface area contributed by atoms with E-state index in [0.717, 1.165) is 24.5 Å². The van der Waals surface area contributed by atoms with Crippen LogP contribution in [0.4, 0.5) is 0 Å². The highest BCUT2D eigenvalue weighted by atomic mass is 15.2. The molecule has 0 spiro atoms. The predicted molar refractivity (Wildman–Crippen MR) is 83.3 cm³/mol. The second-order valence-electron chi connectivity index (χ2n) is 6.94. The largest absolute Gasteiger partial charge is 0.330 e. The van der Waals surface area contributed by atoms with E-state index in [0.29, 0.717) is 0 Å². The molecule has 0 bridgehead atoms. The summed E-state index contributed by atoms with van der Waals surface area (Å²) in [7, 11) is 0. The van der Waals surface area contributed by atoms with Gasteiger partial charge in [-0.15, -0.1) is 0 Å². The Hall–Kier alpha value is -0.0800. The van der Waals surface area contributed by atoms with Crippen LogP contribution < -0.4 is 5.73 Å². The molecule has 2 rings (SSSR count). The molecule has 112 valence electrons. The Kier molecular flexibility index (Phi) is 6.66. The number of rotatable bonds is 5. The highest BCUT2D eigenvalue weighted by molar-refractivity contribution is 4.84. The minimum absolute atomic E-state index is 0.854. The molecule has 2 aliphatic rings. The molecular weight excluding hydrogens is 232 g/mol. The van der Waals surface area contributed by atoms with E-state index in [-0.39, 0.29) is 0 Å². The standard InChI is InChI=1S/C17H34N2/c1-15-9-11-17(12-10-15)19(14-6-13-18)16-7-4-2-3-5-8-16/h15-17H,2-14,18H2,1H3. The van der Waals surface area contributed by atoms with Gasteiger partial charge in [0.15, 0.2) is 0 Å². The smallest absolute Gasteiger partial charge is 0.00984 e. The van der Waals surface area contributed by atoms with Gasteiger partial charge in [0.1, 0.15) is 0 Å². The molecule has 2 N–H and O–H groups in total. The van der Waals surface area contributed by atoms with E-state index in [9.17, 15) is 0 Å². The molecule has 0 aromatic carbocycles. The molecule has 2 fully saturated rings. The Bertz CT molecular complexity index is 225. The lowest BCUT2D eigenvalue weighted by Gasteiger charge is -2.41. The van der Waals surface area contributed by atoms with E-state index < -0.39 is 0 Å². The molecule has 2 heteroatoms. The fourth-order valence-electron chi connectivity index (χ4n) is 4.10. The molecule has 0 saturated heterocycles. The number of hydrogen-bond acceptors (Lipinski definition) is 2. The Morgan fingerprint density at radius 1 is 0.842 bits per heavy atom. The van der Waals surface area contributed by atoms with Crippen molar-refractivity contribution in [1.29, 1.82) is 0 Å². The molecule has 0 aliphatic heterocycles. The second-order valence-corrected chi connectivity index (χ2v) is 6.94. The van der Waals surface area contributed by atoms with Crippen LogP contribution in [0.1, 0.15) is 77.6 Å². The van der Waals surface area contributed by atoms with Crippen molar-refractivity contribution in [3.63, 3.8) is 0 Å². The van der Waals surface area contributed by atoms with Gasteiger partial charge in [0.25, 0.3) is 0 Å². The third-order valence-corrected chi connectivity index (χ3v) is 5.37. The van der Waals surface area contributed by atoms with Crippen molar-refractivity contribution in [3.8, 4) is 0 Å². The maximum atomic E-state index is 5.76. The van der Waals surface area contributed by atoms with E-state index >= 15 is 0 Å². The van der Waals surface area contributed by atoms with Crippen LogP contribution in [0.3, 0.4) is 0 Å². The van der Waals surface area contributed by atoms with Crippen LogP contribution in [0, 0.1) is 5.92 Å². The van der Waals surface area contributed by atoms with Gasteiger partial charge in [-0.05, 0) is 64.0 Å². The lowest BCUT2D eigenvalue weighted by Crippen LogP contribution is -2.45. The average Bonchev–Trinajstić information content (AvgIpc) is 2.70. The van der Waals surface area contributed by atoms with Gasteiger partial charge in [0, 0.05) is 12.1 Å². The minimum Gasteiger partial charge on any atom is -0.330 e. The van der Waals surface area contributed by atoms with Gasteiger partial charge in [-0.2, -0.15) is 0 Å². The zero-order valence-corrected chi connectivity index (χ0v) is 12.9. The normalized spacial score (nSPS) is 30.5. The van der Waals surface area contributed by atoms with E-state index in [1.54, 1.807) is 0 Å². The topological polar surface area (TPSA) is 29.3 Å². The molecule has 0 aromatic rings. The summed E-state index contributed by atoms with van der Waals surface area (Å²) in [5, 5.41) is 0. The quantitative estimate of drug-likeness (QED) is 0.764. The lowest BCUT2D eigenvalue weighted by atomic mass is 9.85. The minimum atomic E-state index is 0.854. The highest BCUT2D eigenvalue weighted by Gasteiger charge is 2.29. The molecule has 0 aromatic heterocycles. The van der Waals surface area contributed by atoms with Crippen molar-refractivity contribution in [2.75, 3.05) is 13.1 Å². The van der Waals surface area contributed by atoms with Crippen molar-refractivity contribution in [3.05, 3.63) is 0 Å². The number of hydrogen-bond donors (Lipinski definition) is 1. The number of nitrogens with zero attached hydrogens (tertiary/aromatic N) is 1. The SMILES string of the molecule is CC1CCC(N(CCCN)C2CCCCCC2)CC1.